The number of imide groups is 1. The number of rotatable bonds is 4. The number of aromatic nitrogens is 1. The Bertz CT molecular complexity index is 911. The number of aromatic amines is 1. The van der Waals surface area contributed by atoms with Crippen LogP contribution in [0.15, 0.2) is 30.5 Å². The van der Waals surface area contributed by atoms with Crippen LogP contribution in [0.5, 0.6) is 0 Å². The zero-order valence-electron chi connectivity index (χ0n) is 16.3. The number of amides is 4. The predicted molar refractivity (Wildman–Crippen MR) is 106 cm³/mol. The molecule has 2 saturated heterocycles. The van der Waals surface area contributed by atoms with E-state index in [0.717, 1.165) is 27.8 Å². The minimum Gasteiger partial charge on any atom is -0.361 e. The van der Waals surface area contributed by atoms with Crippen molar-refractivity contribution in [2.45, 2.75) is 32.7 Å². The third-order valence-electron chi connectivity index (χ3n) is 5.72. The summed E-state index contributed by atoms with van der Waals surface area (Å²) in [5.41, 5.74) is 1.97. The van der Waals surface area contributed by atoms with Gasteiger partial charge in [0.15, 0.2) is 0 Å². The maximum atomic E-state index is 12.8. The highest BCUT2D eigenvalue weighted by Gasteiger charge is 2.40. The van der Waals surface area contributed by atoms with E-state index in [1.54, 1.807) is 4.90 Å². The summed E-state index contributed by atoms with van der Waals surface area (Å²) in [5, 5.41) is 3.77. The van der Waals surface area contributed by atoms with E-state index >= 15 is 0 Å². The number of carbonyl (C=O) groups excluding carboxylic acids is 3. The molecule has 3 unspecified atom stereocenters. The number of hydrogen-bond acceptors (Lipinski definition) is 3. The fourth-order valence-electron chi connectivity index (χ4n) is 4.49. The highest BCUT2D eigenvalue weighted by Crippen LogP contribution is 2.23. The normalized spacial score (nSPS) is 25.4. The van der Waals surface area contributed by atoms with E-state index in [1.165, 1.54) is 0 Å². The van der Waals surface area contributed by atoms with E-state index in [4.69, 9.17) is 0 Å². The molecule has 4 amide bonds. The summed E-state index contributed by atoms with van der Waals surface area (Å²) < 4.78 is 0. The van der Waals surface area contributed by atoms with Crippen LogP contribution in [-0.2, 0) is 16.0 Å². The van der Waals surface area contributed by atoms with Gasteiger partial charge in [0.05, 0.1) is 0 Å². The molecule has 0 radical (unpaired) electrons. The monoisotopic (exact) mass is 382 g/mol. The standard InChI is InChI=1S/C21H26N4O3/c1-13-7-14(2)11-24(10-13)19(26)12-25-20(27)18(23-21(25)28)8-15-9-22-17-6-4-3-5-16(15)17/h3-6,9,13-14,18,22H,7-8,10-12H2,1-2H3,(H,23,28). The van der Waals surface area contributed by atoms with Crippen molar-refractivity contribution in [1.82, 2.24) is 20.1 Å². The molecule has 0 saturated carbocycles. The first kappa shape index (κ1) is 18.5. The number of likely N-dealkylation sites (tertiary alicyclic amines) is 1. The predicted octanol–water partition coefficient (Wildman–Crippen LogP) is 2.14. The van der Waals surface area contributed by atoms with E-state index in [9.17, 15) is 14.4 Å². The molecule has 28 heavy (non-hydrogen) atoms. The summed E-state index contributed by atoms with van der Waals surface area (Å²) in [6.45, 7) is 5.44. The Morgan fingerprint density at radius 3 is 2.61 bits per heavy atom. The number of hydrogen-bond donors (Lipinski definition) is 2. The summed E-state index contributed by atoms with van der Waals surface area (Å²) in [5.74, 6) is 0.382. The molecule has 2 aromatic rings. The molecule has 7 heteroatoms. The van der Waals surface area contributed by atoms with Gasteiger partial charge < -0.3 is 15.2 Å². The Morgan fingerprint density at radius 2 is 1.86 bits per heavy atom. The third kappa shape index (κ3) is 3.48. The topological polar surface area (TPSA) is 85.5 Å². The first-order chi connectivity index (χ1) is 13.4. The van der Waals surface area contributed by atoms with Crippen molar-refractivity contribution in [3.05, 3.63) is 36.0 Å². The van der Waals surface area contributed by atoms with Gasteiger partial charge in [0.1, 0.15) is 12.6 Å². The highest BCUT2D eigenvalue weighted by molar-refractivity contribution is 6.06. The van der Waals surface area contributed by atoms with Crippen molar-refractivity contribution in [2.24, 2.45) is 11.8 Å². The van der Waals surface area contributed by atoms with Crippen LogP contribution < -0.4 is 5.32 Å². The number of fused-ring (bicyclic) bond motifs is 1. The van der Waals surface area contributed by atoms with Gasteiger partial charge in [-0.1, -0.05) is 32.0 Å². The average molecular weight is 382 g/mol. The summed E-state index contributed by atoms with van der Waals surface area (Å²) in [4.78, 5) is 43.8. The smallest absolute Gasteiger partial charge is 0.325 e. The first-order valence-electron chi connectivity index (χ1n) is 9.87. The maximum absolute atomic E-state index is 12.8. The molecule has 148 valence electrons. The molecule has 7 nitrogen and oxygen atoms in total. The van der Waals surface area contributed by atoms with Gasteiger partial charge in [-0.05, 0) is 29.9 Å². The second-order valence-electron chi connectivity index (χ2n) is 8.23. The fourth-order valence-corrected chi connectivity index (χ4v) is 4.49. The van der Waals surface area contributed by atoms with Crippen molar-refractivity contribution in [3.63, 3.8) is 0 Å². The summed E-state index contributed by atoms with van der Waals surface area (Å²) >= 11 is 0. The number of nitrogens with one attached hydrogen (secondary N) is 2. The van der Waals surface area contributed by atoms with E-state index in [0.29, 0.717) is 31.3 Å². The van der Waals surface area contributed by atoms with Gasteiger partial charge in [-0.3, -0.25) is 14.5 Å². The Morgan fingerprint density at radius 1 is 1.14 bits per heavy atom. The molecule has 2 aliphatic heterocycles. The molecule has 1 aromatic carbocycles. The summed E-state index contributed by atoms with van der Waals surface area (Å²) in [6, 6.07) is 6.73. The van der Waals surface area contributed by atoms with Gasteiger partial charge >= 0.3 is 6.03 Å². The quantitative estimate of drug-likeness (QED) is 0.795. The Labute approximate surface area is 164 Å². The van der Waals surface area contributed by atoms with Crippen LogP contribution in [0.25, 0.3) is 10.9 Å². The van der Waals surface area contributed by atoms with Crippen LogP contribution in [0, 0.1) is 11.8 Å². The molecule has 3 atom stereocenters. The first-order valence-corrected chi connectivity index (χ1v) is 9.87. The number of nitrogens with zero attached hydrogens (tertiary/aromatic N) is 2. The zero-order valence-corrected chi connectivity index (χ0v) is 16.3. The molecule has 1 aromatic heterocycles. The van der Waals surface area contributed by atoms with Gasteiger partial charge in [0.25, 0.3) is 5.91 Å². The molecular formula is C21H26N4O3. The Balaban J connectivity index is 1.43. The van der Waals surface area contributed by atoms with E-state index in [1.807, 2.05) is 30.5 Å². The SMILES string of the molecule is CC1CC(C)CN(C(=O)CN2C(=O)NC(Cc3c[nH]c4ccccc34)C2=O)C1. The molecule has 0 bridgehead atoms. The molecule has 0 spiro atoms. The molecule has 2 fully saturated rings. The number of H-pyrrole nitrogens is 1. The van der Waals surface area contributed by atoms with Crippen LogP contribution in [0.3, 0.4) is 0 Å². The molecule has 0 aliphatic carbocycles. The van der Waals surface area contributed by atoms with Gasteiger partial charge in [0, 0.05) is 36.6 Å². The lowest BCUT2D eigenvalue weighted by Gasteiger charge is -2.35. The fraction of sp³-hybridized carbons (Fsp3) is 0.476. The van der Waals surface area contributed by atoms with Crippen molar-refractivity contribution in [3.8, 4) is 0 Å². The van der Waals surface area contributed by atoms with Gasteiger partial charge in [-0.25, -0.2) is 4.79 Å². The lowest BCUT2D eigenvalue weighted by Crippen LogP contribution is -2.48. The van der Waals surface area contributed by atoms with Gasteiger partial charge in [0.2, 0.25) is 5.91 Å². The second-order valence-corrected chi connectivity index (χ2v) is 8.23. The minimum absolute atomic E-state index is 0.158. The average Bonchev–Trinajstić information content (AvgIpc) is 3.17. The Hall–Kier alpha value is -2.83. The number of urea groups is 1. The lowest BCUT2D eigenvalue weighted by atomic mass is 9.92. The lowest BCUT2D eigenvalue weighted by molar-refractivity contribution is -0.139. The van der Waals surface area contributed by atoms with E-state index in [-0.39, 0.29) is 18.4 Å². The van der Waals surface area contributed by atoms with Crippen LogP contribution >= 0.6 is 0 Å². The third-order valence-corrected chi connectivity index (χ3v) is 5.72. The van der Waals surface area contributed by atoms with Crippen LogP contribution in [0.1, 0.15) is 25.8 Å². The number of piperidine rings is 1. The van der Waals surface area contributed by atoms with Gasteiger partial charge in [-0.2, -0.15) is 0 Å². The van der Waals surface area contributed by atoms with Gasteiger partial charge in [-0.15, -0.1) is 0 Å². The highest BCUT2D eigenvalue weighted by atomic mass is 16.2. The van der Waals surface area contributed by atoms with Crippen molar-refractivity contribution < 1.29 is 14.4 Å². The van der Waals surface area contributed by atoms with Crippen molar-refractivity contribution in [2.75, 3.05) is 19.6 Å². The number of para-hydroxylation sites is 1. The van der Waals surface area contributed by atoms with Crippen LogP contribution in [0.2, 0.25) is 0 Å². The largest absolute Gasteiger partial charge is 0.361 e. The van der Waals surface area contributed by atoms with Crippen LogP contribution in [0.4, 0.5) is 4.79 Å². The molecule has 3 heterocycles. The van der Waals surface area contributed by atoms with Crippen molar-refractivity contribution in [1.29, 1.82) is 0 Å². The molecule has 2 aliphatic rings. The maximum Gasteiger partial charge on any atom is 0.325 e. The van der Waals surface area contributed by atoms with E-state index in [2.05, 4.69) is 24.1 Å². The van der Waals surface area contributed by atoms with Crippen LogP contribution in [-0.4, -0.2) is 58.3 Å². The number of carbonyl (C=O) groups is 3. The minimum atomic E-state index is -0.640. The number of benzene rings is 1. The molecule has 4 rings (SSSR count). The van der Waals surface area contributed by atoms with E-state index < -0.39 is 12.1 Å². The molecule has 2 N–H and O–H groups in total. The van der Waals surface area contributed by atoms with Crippen molar-refractivity contribution >= 4 is 28.7 Å². The second kappa shape index (κ2) is 7.30. The summed E-state index contributed by atoms with van der Waals surface area (Å²) in [6.07, 6.45) is 3.37. The molecular weight excluding hydrogens is 356 g/mol. The zero-order chi connectivity index (χ0) is 19.8. The summed E-state index contributed by atoms with van der Waals surface area (Å²) in [7, 11) is 0. The Kier molecular flexibility index (Phi) is 4.83.